The van der Waals surface area contributed by atoms with Gasteiger partial charge in [0, 0.05) is 10.6 Å². The molecular formula is C16H24N2O6P2. The third kappa shape index (κ3) is 9.97. The topological polar surface area (TPSA) is 154 Å². The molecule has 1 heterocycles. The molecule has 6 N–H and O–H groups in total. The summed E-state index contributed by atoms with van der Waals surface area (Å²) in [5.41, 5.74) is 0. The molecule has 8 nitrogen and oxygen atoms in total. The zero-order valence-electron chi connectivity index (χ0n) is 14.2. The SMILES string of the molecule is C1C[NH2+]CC[NH2+]1.O=P([O-])(O)c1ccccc1.O=P([O-])(O)c1ccccc1. The largest absolute Gasteiger partial charge is 0.775 e. The minimum atomic E-state index is -4.27. The fourth-order valence-electron chi connectivity index (χ4n) is 1.99. The molecule has 2 aromatic carbocycles. The highest BCUT2D eigenvalue weighted by molar-refractivity contribution is 7.59. The van der Waals surface area contributed by atoms with Gasteiger partial charge in [-0.25, -0.2) is 0 Å². The van der Waals surface area contributed by atoms with Crippen LogP contribution in [0.3, 0.4) is 0 Å². The molecule has 2 atom stereocenters. The van der Waals surface area contributed by atoms with Crippen molar-refractivity contribution in [2.75, 3.05) is 26.2 Å². The summed E-state index contributed by atoms with van der Waals surface area (Å²) in [5.74, 6) is 0. The van der Waals surface area contributed by atoms with E-state index in [9.17, 15) is 18.9 Å². The van der Waals surface area contributed by atoms with Crippen molar-refractivity contribution in [3.05, 3.63) is 60.7 Å². The summed E-state index contributed by atoms with van der Waals surface area (Å²) in [6.07, 6.45) is 0. The van der Waals surface area contributed by atoms with Gasteiger partial charge in [-0.1, -0.05) is 60.7 Å². The average Bonchev–Trinajstić information content (AvgIpc) is 2.64. The molecular weight excluding hydrogens is 378 g/mol. The normalized spacial score (nSPS) is 18.0. The first kappa shape index (κ1) is 22.7. The lowest BCUT2D eigenvalue weighted by Crippen LogP contribution is -3.04. The van der Waals surface area contributed by atoms with Gasteiger partial charge in [-0.3, -0.25) is 0 Å². The van der Waals surface area contributed by atoms with Crippen molar-refractivity contribution in [3.8, 4) is 0 Å². The van der Waals surface area contributed by atoms with Crippen LogP contribution in [0.1, 0.15) is 0 Å². The standard InChI is InChI=1S/2C6H7O3P.C4H10N2/c2*7-10(8,9)6-4-2-1-3-5-6;1-2-6-4-3-5-1/h2*1-5H,(H2,7,8,9);5-6H,1-4H2. The van der Waals surface area contributed by atoms with E-state index < -0.39 is 15.2 Å². The zero-order chi connectivity index (χ0) is 19.5. The van der Waals surface area contributed by atoms with E-state index in [1.54, 1.807) is 36.4 Å². The van der Waals surface area contributed by atoms with Gasteiger partial charge in [0.1, 0.15) is 26.2 Å². The second kappa shape index (κ2) is 11.4. The maximum atomic E-state index is 10.4. The molecule has 0 saturated carbocycles. The Hall–Kier alpha value is -1.34. The van der Waals surface area contributed by atoms with Crippen molar-refractivity contribution >= 4 is 25.8 Å². The Morgan fingerprint density at radius 2 is 0.923 bits per heavy atom. The van der Waals surface area contributed by atoms with Gasteiger partial charge in [0.05, 0.1) is 0 Å². The summed E-state index contributed by atoms with van der Waals surface area (Å²) in [4.78, 5) is 37.8. The molecule has 0 bridgehead atoms. The smallest absolute Gasteiger partial charge is 0.162 e. The molecule has 144 valence electrons. The van der Waals surface area contributed by atoms with Crippen LogP contribution in [-0.4, -0.2) is 36.0 Å². The second-order valence-corrected chi connectivity index (χ2v) is 8.56. The molecule has 1 aliphatic heterocycles. The second-order valence-electron chi connectivity index (χ2n) is 5.44. The third-order valence-corrected chi connectivity index (χ3v) is 5.22. The summed E-state index contributed by atoms with van der Waals surface area (Å²) < 4.78 is 20.8. The van der Waals surface area contributed by atoms with E-state index in [2.05, 4.69) is 10.6 Å². The summed E-state index contributed by atoms with van der Waals surface area (Å²) >= 11 is 0. The molecule has 0 spiro atoms. The van der Waals surface area contributed by atoms with Gasteiger partial charge in [0.2, 0.25) is 0 Å². The van der Waals surface area contributed by atoms with Crippen LogP contribution in [0.5, 0.6) is 0 Å². The third-order valence-electron chi connectivity index (χ3n) is 3.31. The summed E-state index contributed by atoms with van der Waals surface area (Å²) in [6, 6.07) is 14.9. The Labute approximate surface area is 152 Å². The minimum Gasteiger partial charge on any atom is -0.775 e. The van der Waals surface area contributed by atoms with Crippen molar-refractivity contribution in [2.24, 2.45) is 0 Å². The van der Waals surface area contributed by atoms with Gasteiger partial charge in [-0.2, -0.15) is 0 Å². The molecule has 1 aliphatic rings. The van der Waals surface area contributed by atoms with Gasteiger partial charge in [-0.05, 0) is 0 Å². The Kier molecular flexibility index (Phi) is 9.94. The van der Waals surface area contributed by atoms with Crippen LogP contribution in [0.2, 0.25) is 0 Å². The molecule has 1 saturated heterocycles. The monoisotopic (exact) mass is 402 g/mol. The van der Waals surface area contributed by atoms with Gasteiger partial charge >= 0.3 is 0 Å². The fraction of sp³-hybridized carbons (Fsp3) is 0.250. The van der Waals surface area contributed by atoms with E-state index in [0.29, 0.717) is 0 Å². The molecule has 0 amide bonds. The lowest BCUT2D eigenvalue weighted by atomic mass is 10.4. The molecule has 3 rings (SSSR count). The lowest BCUT2D eigenvalue weighted by molar-refractivity contribution is -0.787. The molecule has 1 fully saturated rings. The van der Waals surface area contributed by atoms with Crippen LogP contribution < -0.4 is 31.0 Å². The van der Waals surface area contributed by atoms with Crippen molar-refractivity contribution in [1.82, 2.24) is 0 Å². The number of rotatable bonds is 2. The zero-order valence-corrected chi connectivity index (χ0v) is 16.0. The highest BCUT2D eigenvalue weighted by Crippen LogP contribution is 2.27. The Balaban J connectivity index is 0.000000201. The highest BCUT2D eigenvalue weighted by Gasteiger charge is 2.03. The maximum absolute atomic E-state index is 10.4. The minimum absolute atomic E-state index is 0.0463. The molecule has 2 unspecified atom stereocenters. The van der Waals surface area contributed by atoms with Crippen LogP contribution in [0, 0.1) is 0 Å². The predicted octanol–water partition coefficient (Wildman–Crippen LogP) is -3.16. The molecule has 10 heteroatoms. The molecule has 2 aromatic rings. The molecule has 0 aromatic heterocycles. The number of hydrogen-bond acceptors (Lipinski definition) is 4. The number of nitrogens with two attached hydrogens (primary N) is 2. The van der Waals surface area contributed by atoms with E-state index in [-0.39, 0.29) is 10.6 Å². The number of piperazine rings is 1. The Morgan fingerprint density at radius 1 is 0.654 bits per heavy atom. The van der Waals surface area contributed by atoms with Gasteiger partial charge < -0.3 is 39.3 Å². The lowest BCUT2D eigenvalue weighted by Gasteiger charge is -2.14. The van der Waals surface area contributed by atoms with Gasteiger partial charge in [-0.15, -0.1) is 0 Å². The first-order valence-corrected chi connectivity index (χ1v) is 11.2. The maximum Gasteiger partial charge on any atom is 0.162 e. The summed E-state index contributed by atoms with van der Waals surface area (Å²) in [5, 5.41) is 4.63. The van der Waals surface area contributed by atoms with Gasteiger partial charge in [0.15, 0.2) is 15.2 Å². The van der Waals surface area contributed by atoms with Crippen molar-refractivity contribution < 1.29 is 39.3 Å². The average molecular weight is 402 g/mol. The summed E-state index contributed by atoms with van der Waals surface area (Å²) in [6.45, 7) is 5.28. The Bertz CT molecular complexity index is 645. The van der Waals surface area contributed by atoms with Crippen LogP contribution >= 0.6 is 15.2 Å². The van der Waals surface area contributed by atoms with E-state index in [1.807, 2.05) is 0 Å². The van der Waals surface area contributed by atoms with Crippen LogP contribution in [0.15, 0.2) is 60.7 Å². The predicted molar refractivity (Wildman–Crippen MR) is 95.1 cm³/mol. The van der Waals surface area contributed by atoms with Crippen LogP contribution in [0.25, 0.3) is 0 Å². The van der Waals surface area contributed by atoms with Gasteiger partial charge in [0.25, 0.3) is 0 Å². The van der Waals surface area contributed by atoms with E-state index in [0.717, 1.165) is 0 Å². The molecule has 0 aliphatic carbocycles. The van der Waals surface area contributed by atoms with E-state index in [1.165, 1.54) is 50.4 Å². The van der Waals surface area contributed by atoms with Crippen LogP contribution in [-0.2, 0) is 9.13 Å². The van der Waals surface area contributed by atoms with E-state index in [4.69, 9.17) is 9.79 Å². The van der Waals surface area contributed by atoms with Crippen molar-refractivity contribution in [3.63, 3.8) is 0 Å². The van der Waals surface area contributed by atoms with E-state index >= 15 is 0 Å². The number of hydrogen-bond donors (Lipinski definition) is 4. The number of benzene rings is 2. The number of quaternary nitrogens is 2. The first-order valence-electron chi connectivity index (χ1n) is 8.03. The van der Waals surface area contributed by atoms with Crippen molar-refractivity contribution in [1.29, 1.82) is 0 Å². The highest BCUT2D eigenvalue weighted by atomic mass is 31.2. The quantitative estimate of drug-likeness (QED) is 0.389. The van der Waals surface area contributed by atoms with Crippen LogP contribution in [0.4, 0.5) is 0 Å². The summed E-state index contributed by atoms with van der Waals surface area (Å²) in [7, 11) is -8.54. The first-order chi connectivity index (χ1) is 12.2. The van der Waals surface area contributed by atoms with Crippen molar-refractivity contribution in [2.45, 2.75) is 0 Å². The molecule has 0 radical (unpaired) electrons. The molecule has 26 heavy (non-hydrogen) atoms. The fourth-order valence-corrected chi connectivity index (χ4v) is 3.09. The Morgan fingerprint density at radius 3 is 1.08 bits per heavy atom.